The molecule has 0 aliphatic heterocycles. The maximum atomic E-state index is 6.02. The van der Waals surface area contributed by atoms with E-state index in [1.807, 2.05) is 6.92 Å². The lowest BCUT2D eigenvalue weighted by Gasteiger charge is -2.25. The van der Waals surface area contributed by atoms with Crippen LogP contribution in [0.4, 0.5) is 11.6 Å². The molecule has 1 heterocycles. The van der Waals surface area contributed by atoms with Crippen molar-refractivity contribution in [3.05, 3.63) is 11.4 Å². The van der Waals surface area contributed by atoms with Crippen LogP contribution in [0.5, 0.6) is 0 Å². The van der Waals surface area contributed by atoms with E-state index in [1.54, 1.807) is 0 Å². The van der Waals surface area contributed by atoms with E-state index in [-0.39, 0.29) is 5.41 Å². The van der Waals surface area contributed by atoms with Crippen molar-refractivity contribution in [3.63, 3.8) is 0 Å². The third-order valence-electron chi connectivity index (χ3n) is 3.42. The Balaban J connectivity index is 3.16. The van der Waals surface area contributed by atoms with Gasteiger partial charge in [0.15, 0.2) is 0 Å². The van der Waals surface area contributed by atoms with Crippen LogP contribution >= 0.6 is 0 Å². The minimum absolute atomic E-state index is 0.0994. The predicted octanol–water partition coefficient (Wildman–Crippen LogP) is 3.51. The van der Waals surface area contributed by atoms with Crippen molar-refractivity contribution in [1.82, 2.24) is 9.97 Å². The highest BCUT2D eigenvalue weighted by Gasteiger charge is 2.21. The third kappa shape index (κ3) is 3.82. The molecule has 0 radical (unpaired) electrons. The largest absolute Gasteiger partial charge is 0.383 e. The molecule has 19 heavy (non-hydrogen) atoms. The van der Waals surface area contributed by atoms with Crippen molar-refractivity contribution < 1.29 is 0 Å². The van der Waals surface area contributed by atoms with Crippen molar-refractivity contribution >= 4 is 11.6 Å². The lowest BCUT2D eigenvalue weighted by molar-refractivity contribution is 0.506. The Morgan fingerprint density at radius 3 is 2.21 bits per heavy atom. The van der Waals surface area contributed by atoms with Crippen LogP contribution in [0.3, 0.4) is 0 Å². The fraction of sp³-hybridized carbons (Fsp3) is 0.733. The molecule has 1 rings (SSSR count). The van der Waals surface area contributed by atoms with Crippen LogP contribution in [0.2, 0.25) is 0 Å². The van der Waals surface area contributed by atoms with Crippen LogP contribution in [-0.2, 0) is 5.41 Å². The lowest BCUT2D eigenvalue weighted by atomic mass is 9.95. The van der Waals surface area contributed by atoms with Gasteiger partial charge in [0.1, 0.15) is 17.5 Å². The van der Waals surface area contributed by atoms with Crippen LogP contribution < -0.4 is 11.1 Å². The molecular formula is C15H28N4. The number of nitrogens with zero attached hydrogens (tertiary/aromatic N) is 2. The van der Waals surface area contributed by atoms with E-state index in [0.29, 0.717) is 17.8 Å². The highest BCUT2D eigenvalue weighted by atomic mass is 15.1. The second-order valence-corrected chi connectivity index (χ2v) is 6.56. The molecule has 4 nitrogen and oxygen atoms in total. The summed E-state index contributed by atoms with van der Waals surface area (Å²) in [5.74, 6) is 2.79. The van der Waals surface area contributed by atoms with Gasteiger partial charge < -0.3 is 11.1 Å². The second kappa shape index (κ2) is 5.76. The Kier molecular flexibility index (Phi) is 4.77. The van der Waals surface area contributed by atoms with Gasteiger partial charge in [-0.15, -0.1) is 0 Å². The summed E-state index contributed by atoms with van der Waals surface area (Å²) in [6.45, 7) is 14.9. The highest BCUT2D eigenvalue weighted by molar-refractivity contribution is 5.55. The van der Waals surface area contributed by atoms with E-state index in [4.69, 9.17) is 5.73 Å². The van der Waals surface area contributed by atoms with Crippen molar-refractivity contribution in [2.24, 2.45) is 5.92 Å². The zero-order valence-electron chi connectivity index (χ0n) is 13.3. The van der Waals surface area contributed by atoms with E-state index in [0.717, 1.165) is 23.6 Å². The SMILES string of the molecule is CCC(Nc1nc(C(C)(C)C)nc(N)c1C)C(C)C. The minimum Gasteiger partial charge on any atom is -0.383 e. The average molecular weight is 264 g/mol. The quantitative estimate of drug-likeness (QED) is 0.873. The molecule has 0 aliphatic rings. The van der Waals surface area contributed by atoms with E-state index < -0.39 is 0 Å². The number of nitrogens with one attached hydrogen (secondary N) is 1. The molecule has 0 aromatic carbocycles. The van der Waals surface area contributed by atoms with E-state index in [9.17, 15) is 0 Å². The Morgan fingerprint density at radius 1 is 1.21 bits per heavy atom. The van der Waals surface area contributed by atoms with E-state index in [1.165, 1.54) is 0 Å². The summed E-state index contributed by atoms with van der Waals surface area (Å²) in [6, 6.07) is 0.404. The van der Waals surface area contributed by atoms with Gasteiger partial charge in [0.2, 0.25) is 0 Å². The fourth-order valence-electron chi connectivity index (χ4n) is 1.93. The molecule has 1 aromatic heterocycles. The van der Waals surface area contributed by atoms with Gasteiger partial charge in [0, 0.05) is 17.0 Å². The topological polar surface area (TPSA) is 63.8 Å². The molecule has 0 bridgehead atoms. The number of hydrogen-bond acceptors (Lipinski definition) is 4. The minimum atomic E-state index is -0.0994. The van der Waals surface area contributed by atoms with Crippen molar-refractivity contribution in [2.75, 3.05) is 11.1 Å². The van der Waals surface area contributed by atoms with Gasteiger partial charge in [-0.1, -0.05) is 41.5 Å². The van der Waals surface area contributed by atoms with Gasteiger partial charge in [-0.25, -0.2) is 9.97 Å². The molecule has 4 heteroatoms. The molecule has 0 amide bonds. The molecule has 108 valence electrons. The molecule has 0 aliphatic carbocycles. The van der Waals surface area contributed by atoms with Crippen LogP contribution in [0.1, 0.15) is 59.4 Å². The van der Waals surface area contributed by atoms with Gasteiger partial charge in [0.25, 0.3) is 0 Å². The van der Waals surface area contributed by atoms with Gasteiger partial charge in [-0.2, -0.15) is 0 Å². The first-order valence-corrected chi connectivity index (χ1v) is 7.08. The summed E-state index contributed by atoms with van der Waals surface area (Å²) in [5.41, 5.74) is 6.86. The average Bonchev–Trinajstić information content (AvgIpc) is 2.28. The molecule has 1 unspecified atom stereocenters. The van der Waals surface area contributed by atoms with Crippen molar-refractivity contribution in [1.29, 1.82) is 0 Å². The summed E-state index contributed by atoms with van der Waals surface area (Å²) < 4.78 is 0. The summed E-state index contributed by atoms with van der Waals surface area (Å²) in [7, 11) is 0. The first-order chi connectivity index (χ1) is 8.66. The maximum Gasteiger partial charge on any atom is 0.138 e. The maximum absolute atomic E-state index is 6.02. The number of nitrogens with two attached hydrogens (primary N) is 1. The molecule has 0 saturated carbocycles. The van der Waals surface area contributed by atoms with Gasteiger partial charge in [-0.05, 0) is 19.3 Å². The number of hydrogen-bond donors (Lipinski definition) is 2. The molecule has 3 N–H and O–H groups in total. The number of aromatic nitrogens is 2. The van der Waals surface area contributed by atoms with Crippen LogP contribution in [0.15, 0.2) is 0 Å². The Morgan fingerprint density at radius 2 is 1.79 bits per heavy atom. The Labute approximate surface area is 117 Å². The number of rotatable bonds is 4. The highest BCUT2D eigenvalue weighted by Crippen LogP contribution is 2.26. The van der Waals surface area contributed by atoms with Gasteiger partial charge in [0.05, 0.1) is 0 Å². The molecule has 0 spiro atoms. The third-order valence-corrected chi connectivity index (χ3v) is 3.42. The standard InChI is InChI=1S/C15H28N4/c1-8-11(9(2)3)17-13-10(4)12(16)18-14(19-13)15(5,6)7/h9,11H,8H2,1-7H3,(H3,16,17,18,19). The van der Waals surface area contributed by atoms with Gasteiger partial charge in [-0.3, -0.25) is 0 Å². The zero-order chi connectivity index (χ0) is 14.8. The summed E-state index contributed by atoms with van der Waals surface area (Å²) in [4.78, 5) is 9.08. The fourth-order valence-corrected chi connectivity index (χ4v) is 1.93. The smallest absolute Gasteiger partial charge is 0.138 e. The monoisotopic (exact) mass is 264 g/mol. The Hall–Kier alpha value is -1.32. The lowest BCUT2D eigenvalue weighted by Crippen LogP contribution is -2.27. The Bertz CT molecular complexity index is 433. The summed E-state index contributed by atoms with van der Waals surface area (Å²) in [5, 5.41) is 3.52. The molecule has 0 saturated heterocycles. The molecule has 1 aromatic rings. The van der Waals surface area contributed by atoms with E-state index in [2.05, 4.69) is 56.8 Å². The zero-order valence-corrected chi connectivity index (χ0v) is 13.3. The first-order valence-electron chi connectivity index (χ1n) is 7.08. The number of nitrogen functional groups attached to an aromatic ring is 1. The van der Waals surface area contributed by atoms with Crippen LogP contribution in [0, 0.1) is 12.8 Å². The summed E-state index contributed by atoms with van der Waals surface area (Å²) in [6.07, 6.45) is 1.06. The summed E-state index contributed by atoms with van der Waals surface area (Å²) >= 11 is 0. The predicted molar refractivity (Wildman–Crippen MR) is 82.4 cm³/mol. The first kappa shape index (κ1) is 15.7. The normalized spacial score (nSPS) is 13.7. The van der Waals surface area contributed by atoms with Crippen molar-refractivity contribution in [2.45, 2.75) is 66.3 Å². The second-order valence-electron chi connectivity index (χ2n) is 6.56. The molecule has 0 fully saturated rings. The molecular weight excluding hydrogens is 236 g/mol. The van der Waals surface area contributed by atoms with E-state index >= 15 is 0 Å². The molecule has 1 atom stereocenters. The van der Waals surface area contributed by atoms with Gasteiger partial charge >= 0.3 is 0 Å². The van der Waals surface area contributed by atoms with Crippen LogP contribution in [0.25, 0.3) is 0 Å². The van der Waals surface area contributed by atoms with Crippen LogP contribution in [-0.4, -0.2) is 16.0 Å². The van der Waals surface area contributed by atoms with Crippen molar-refractivity contribution in [3.8, 4) is 0 Å². The number of anilines is 2.